The van der Waals surface area contributed by atoms with Crippen LogP contribution in [0.5, 0.6) is 5.88 Å². The van der Waals surface area contributed by atoms with E-state index in [-0.39, 0.29) is 29.5 Å². The molecule has 45 heavy (non-hydrogen) atoms. The van der Waals surface area contributed by atoms with Gasteiger partial charge in [0.25, 0.3) is 15.9 Å². The zero-order chi connectivity index (χ0) is 31.5. The number of sulfonamides is 1. The second-order valence-corrected chi connectivity index (χ2v) is 12.2. The molecule has 0 saturated carbocycles. The molecule has 226 valence electrons. The molecule has 2 atom stereocenters. The molecule has 10 nitrogen and oxygen atoms in total. The van der Waals surface area contributed by atoms with Crippen molar-refractivity contribution in [3.05, 3.63) is 102 Å². The van der Waals surface area contributed by atoms with E-state index in [1.165, 1.54) is 24.3 Å². The van der Waals surface area contributed by atoms with E-state index in [2.05, 4.69) is 14.7 Å². The summed E-state index contributed by atoms with van der Waals surface area (Å²) >= 11 is 0. The van der Waals surface area contributed by atoms with Gasteiger partial charge in [-0.3, -0.25) is 14.5 Å². The summed E-state index contributed by atoms with van der Waals surface area (Å²) in [6.45, 7) is 0.390. The van der Waals surface area contributed by atoms with E-state index in [0.29, 0.717) is 34.8 Å². The van der Waals surface area contributed by atoms with E-state index in [1.54, 1.807) is 24.4 Å². The van der Waals surface area contributed by atoms with E-state index in [1.807, 2.05) is 30.3 Å². The lowest BCUT2D eigenvalue weighted by Crippen LogP contribution is -2.74. The number of hydrogen-bond acceptors (Lipinski definition) is 8. The van der Waals surface area contributed by atoms with E-state index in [4.69, 9.17) is 9.47 Å². The van der Waals surface area contributed by atoms with Crippen LogP contribution in [0.2, 0.25) is 0 Å². The Labute approximate surface area is 255 Å². The molecule has 2 aliphatic heterocycles. The maximum Gasteiger partial charge on any atom is 0.333 e. The summed E-state index contributed by atoms with van der Waals surface area (Å²) in [5, 5.41) is 0.781. The Kier molecular flexibility index (Phi) is 6.70. The lowest BCUT2D eigenvalue weighted by Gasteiger charge is -2.52. The predicted molar refractivity (Wildman–Crippen MR) is 159 cm³/mol. The van der Waals surface area contributed by atoms with Gasteiger partial charge in [-0.1, -0.05) is 18.2 Å². The number of likely N-dealkylation sites (tertiary alicyclic amines) is 1. The number of rotatable bonds is 7. The third-order valence-electron chi connectivity index (χ3n) is 7.82. The molecular formula is C32H22F2N4O6S. The number of benzene rings is 3. The SMILES string of the molecule is COc1ncc(-c2ccc3nccc(-c4ccc(C(=O)N5C[C@@H]6OC(=O)C65)cc4)c3c2)cc1NS(=O)(=O)c1ccc(F)cc1F. The molecule has 1 amide bonds. The Hall–Kier alpha value is -5.43. The normalized spacial score (nSPS) is 17.1. The summed E-state index contributed by atoms with van der Waals surface area (Å²) in [5.41, 5.74) is 3.95. The van der Waals surface area contributed by atoms with Gasteiger partial charge in [-0.15, -0.1) is 0 Å². The summed E-state index contributed by atoms with van der Waals surface area (Å²) in [4.78, 5) is 34.0. The Morgan fingerprint density at radius 2 is 1.76 bits per heavy atom. The fourth-order valence-electron chi connectivity index (χ4n) is 5.48. The molecule has 0 bridgehead atoms. The molecule has 3 aromatic carbocycles. The van der Waals surface area contributed by atoms with Crippen LogP contribution < -0.4 is 9.46 Å². The summed E-state index contributed by atoms with van der Waals surface area (Å²) in [6, 6.07) is 17.6. The molecule has 0 aliphatic carbocycles. The Morgan fingerprint density at radius 3 is 2.47 bits per heavy atom. The van der Waals surface area contributed by atoms with Crippen LogP contribution in [0.15, 0.2) is 90.1 Å². The van der Waals surface area contributed by atoms with Gasteiger partial charge in [-0.25, -0.2) is 27.0 Å². The van der Waals surface area contributed by atoms with Gasteiger partial charge in [0.05, 0.1) is 19.2 Å². The van der Waals surface area contributed by atoms with Crippen molar-refractivity contribution in [2.24, 2.45) is 0 Å². The number of amides is 1. The van der Waals surface area contributed by atoms with Crippen LogP contribution in [0, 0.1) is 11.6 Å². The van der Waals surface area contributed by atoms with Crippen molar-refractivity contribution in [2.75, 3.05) is 18.4 Å². The average molecular weight is 629 g/mol. The van der Waals surface area contributed by atoms with Crippen LogP contribution in [-0.2, 0) is 19.6 Å². The summed E-state index contributed by atoms with van der Waals surface area (Å²) in [5.74, 6) is -2.82. The van der Waals surface area contributed by atoms with Crippen LogP contribution in [0.4, 0.5) is 14.5 Å². The largest absolute Gasteiger partial charge is 0.480 e. The Bertz CT molecular complexity index is 2140. The summed E-state index contributed by atoms with van der Waals surface area (Å²) in [7, 11) is -3.15. The quantitative estimate of drug-likeness (QED) is 0.255. The number of nitrogens with zero attached hydrogens (tertiary/aromatic N) is 3. The van der Waals surface area contributed by atoms with E-state index in [9.17, 15) is 26.8 Å². The molecule has 1 N–H and O–H groups in total. The van der Waals surface area contributed by atoms with Crippen LogP contribution in [0.1, 0.15) is 10.4 Å². The second kappa shape index (κ2) is 10.6. The molecule has 2 fully saturated rings. The van der Waals surface area contributed by atoms with Gasteiger partial charge in [0.15, 0.2) is 12.1 Å². The van der Waals surface area contributed by atoms with Gasteiger partial charge in [-0.2, -0.15) is 0 Å². The van der Waals surface area contributed by atoms with Gasteiger partial charge in [0.1, 0.15) is 22.2 Å². The number of ether oxygens (including phenoxy) is 2. The first kappa shape index (κ1) is 28.3. The number of nitrogens with one attached hydrogen (secondary N) is 1. The van der Waals surface area contributed by atoms with Crippen molar-refractivity contribution < 1.29 is 36.3 Å². The molecule has 2 aliphatic rings. The number of aromatic nitrogens is 2. The maximum absolute atomic E-state index is 14.3. The highest BCUT2D eigenvalue weighted by Gasteiger charge is 2.57. The van der Waals surface area contributed by atoms with Gasteiger partial charge in [-0.05, 0) is 65.2 Å². The number of carbonyl (C=O) groups excluding carboxylic acids is 2. The number of anilines is 1. The molecular weight excluding hydrogens is 606 g/mol. The number of pyridine rings is 2. The van der Waals surface area contributed by atoms with Crippen LogP contribution in [-0.4, -0.2) is 61.0 Å². The van der Waals surface area contributed by atoms with Gasteiger partial charge in [0.2, 0.25) is 5.88 Å². The smallest absolute Gasteiger partial charge is 0.333 e. The maximum atomic E-state index is 14.3. The molecule has 4 heterocycles. The van der Waals surface area contributed by atoms with E-state index in [0.717, 1.165) is 28.6 Å². The van der Waals surface area contributed by atoms with Gasteiger partial charge >= 0.3 is 5.97 Å². The third kappa shape index (κ3) is 4.90. The predicted octanol–water partition coefficient (Wildman–Crippen LogP) is 4.80. The molecule has 2 aromatic heterocycles. The fraction of sp³-hybridized carbons (Fsp3) is 0.125. The lowest BCUT2D eigenvalue weighted by molar-refractivity contribution is -0.209. The minimum absolute atomic E-state index is 0.0471. The molecule has 1 unspecified atom stereocenters. The zero-order valence-electron chi connectivity index (χ0n) is 23.4. The number of hydrogen-bond donors (Lipinski definition) is 1. The van der Waals surface area contributed by atoms with Crippen molar-refractivity contribution in [1.82, 2.24) is 14.9 Å². The van der Waals surface area contributed by atoms with Crippen molar-refractivity contribution in [1.29, 1.82) is 0 Å². The third-order valence-corrected chi connectivity index (χ3v) is 9.22. The Balaban J connectivity index is 1.20. The monoisotopic (exact) mass is 628 g/mol. The second-order valence-electron chi connectivity index (χ2n) is 10.5. The van der Waals surface area contributed by atoms with E-state index < -0.39 is 32.6 Å². The number of morpholine rings is 1. The van der Waals surface area contributed by atoms with Gasteiger partial charge in [0, 0.05) is 35.0 Å². The standard InChI is InChI=1S/C32H22F2N4O6S/c1-43-30-26(37-45(41,42)28-9-7-21(33)14-24(28)34)13-20(15-36-30)19-6-8-25-23(12-19)22(10-11-35-25)17-2-4-18(5-3-17)31(39)38-16-27-29(38)32(40)44-27/h2-15,27,29,37H,16H2,1H3/t27-,29?/m0/s1. The Morgan fingerprint density at radius 1 is 0.978 bits per heavy atom. The first-order chi connectivity index (χ1) is 21.6. The minimum atomic E-state index is -4.46. The highest BCUT2D eigenvalue weighted by Crippen LogP contribution is 2.36. The number of esters is 1. The highest BCUT2D eigenvalue weighted by molar-refractivity contribution is 7.92. The first-order valence-electron chi connectivity index (χ1n) is 13.7. The van der Waals surface area contributed by atoms with Gasteiger partial charge < -0.3 is 14.4 Å². The molecule has 5 aromatic rings. The van der Waals surface area contributed by atoms with Crippen molar-refractivity contribution >= 4 is 38.5 Å². The van der Waals surface area contributed by atoms with Crippen molar-refractivity contribution in [3.8, 4) is 28.1 Å². The number of carbonyl (C=O) groups is 2. The first-order valence-corrected chi connectivity index (χ1v) is 15.1. The number of fused-ring (bicyclic) bond motifs is 2. The number of halogens is 2. The lowest BCUT2D eigenvalue weighted by atomic mass is 9.92. The molecule has 0 radical (unpaired) electrons. The topological polar surface area (TPSA) is 128 Å². The van der Waals surface area contributed by atoms with Crippen molar-refractivity contribution in [3.63, 3.8) is 0 Å². The minimum Gasteiger partial charge on any atom is -0.480 e. The molecule has 0 spiro atoms. The summed E-state index contributed by atoms with van der Waals surface area (Å²) in [6.07, 6.45) is 2.98. The number of methoxy groups -OCH3 is 1. The van der Waals surface area contributed by atoms with Crippen LogP contribution >= 0.6 is 0 Å². The molecule has 13 heteroatoms. The molecule has 2 saturated heterocycles. The summed E-state index contributed by atoms with van der Waals surface area (Å²) < 4.78 is 66.2. The highest BCUT2D eigenvalue weighted by atomic mass is 32.2. The average Bonchev–Trinajstić information content (AvgIpc) is 3.02. The fourth-order valence-corrected chi connectivity index (χ4v) is 6.59. The van der Waals surface area contributed by atoms with Crippen LogP contribution in [0.3, 0.4) is 0 Å². The van der Waals surface area contributed by atoms with E-state index >= 15 is 0 Å². The van der Waals surface area contributed by atoms with Crippen molar-refractivity contribution in [2.45, 2.75) is 17.0 Å². The van der Waals surface area contributed by atoms with Crippen LogP contribution in [0.25, 0.3) is 33.2 Å². The zero-order valence-corrected chi connectivity index (χ0v) is 24.2. The molecule has 7 rings (SSSR count).